The van der Waals surface area contributed by atoms with Gasteiger partial charge in [-0.25, -0.2) is 0 Å². The van der Waals surface area contributed by atoms with Gasteiger partial charge in [0.05, 0.1) is 12.0 Å². The van der Waals surface area contributed by atoms with Crippen LogP contribution in [0.1, 0.15) is 31.7 Å². The summed E-state index contributed by atoms with van der Waals surface area (Å²) in [6.07, 6.45) is 2.78. The largest absolute Gasteiger partial charge is 0.384 e. The third kappa shape index (κ3) is 6.07. The highest BCUT2D eigenvalue weighted by atomic mass is 35.5. The van der Waals surface area contributed by atoms with Crippen molar-refractivity contribution in [3.8, 4) is 0 Å². The van der Waals surface area contributed by atoms with Crippen molar-refractivity contribution in [2.24, 2.45) is 5.41 Å². The van der Waals surface area contributed by atoms with E-state index in [0.29, 0.717) is 18.6 Å². The number of rotatable bonds is 5. The molecule has 2 aliphatic rings. The third-order valence-corrected chi connectivity index (χ3v) is 6.05. The molecule has 0 saturated carbocycles. The smallest absolute Gasteiger partial charge is 0.231 e. The van der Waals surface area contributed by atoms with Gasteiger partial charge in [0, 0.05) is 39.3 Å². The fourth-order valence-electron chi connectivity index (χ4n) is 4.30. The molecule has 28 heavy (non-hydrogen) atoms. The molecule has 0 radical (unpaired) electrons. The number of carbonyl (C=O) groups is 1. The fourth-order valence-corrected chi connectivity index (χ4v) is 4.30. The van der Waals surface area contributed by atoms with Crippen LogP contribution in [0.3, 0.4) is 0 Å². The van der Waals surface area contributed by atoms with E-state index in [4.69, 9.17) is 4.74 Å². The van der Waals surface area contributed by atoms with E-state index in [-0.39, 0.29) is 30.2 Å². The number of hydrogen-bond acceptors (Lipinski definition) is 4. The van der Waals surface area contributed by atoms with Gasteiger partial charge in [0.25, 0.3) is 0 Å². The minimum absolute atomic E-state index is 0. The second-order valence-corrected chi connectivity index (χ2v) is 7.85. The van der Waals surface area contributed by atoms with Crippen molar-refractivity contribution in [3.63, 3.8) is 0 Å². The monoisotopic (exact) mass is 431 g/mol. The van der Waals surface area contributed by atoms with Crippen molar-refractivity contribution in [2.75, 3.05) is 46.4 Å². The number of amides is 1. The molecule has 0 aromatic heterocycles. The molecule has 2 fully saturated rings. The SMILES string of the molecule is COCC1(C(=O)N2CCC(C)N(Cc3ccccc3)CC2)CCNCC1.Cl.Cl. The molecule has 1 aromatic rings. The van der Waals surface area contributed by atoms with Crippen LogP contribution < -0.4 is 5.32 Å². The zero-order chi connectivity index (χ0) is 18.4. The second-order valence-electron chi connectivity index (χ2n) is 7.85. The zero-order valence-electron chi connectivity index (χ0n) is 17.1. The Bertz CT molecular complexity index is 577. The molecule has 2 aliphatic heterocycles. The van der Waals surface area contributed by atoms with Crippen LogP contribution in [-0.2, 0) is 16.1 Å². The first-order valence-electron chi connectivity index (χ1n) is 9.92. The third-order valence-electron chi connectivity index (χ3n) is 6.05. The Kier molecular flexibility index (Phi) is 10.8. The molecule has 160 valence electrons. The van der Waals surface area contributed by atoms with Gasteiger partial charge in [-0.15, -0.1) is 24.8 Å². The van der Waals surface area contributed by atoms with Gasteiger partial charge in [-0.05, 0) is 44.8 Å². The maximum absolute atomic E-state index is 13.4. The maximum atomic E-state index is 13.4. The van der Waals surface area contributed by atoms with E-state index in [2.05, 4.69) is 52.4 Å². The Morgan fingerprint density at radius 3 is 2.46 bits per heavy atom. The standard InChI is InChI=1S/C21H33N3O2.2ClH/c1-18-8-13-23(14-15-24(18)16-19-6-4-3-5-7-19)20(25)21(17-26-2)9-11-22-12-10-21;;/h3-7,18,22H,8-17H2,1-2H3;2*1H. The van der Waals surface area contributed by atoms with Gasteiger partial charge in [0.1, 0.15) is 0 Å². The summed E-state index contributed by atoms with van der Waals surface area (Å²) in [7, 11) is 1.71. The number of halogens is 2. The lowest BCUT2D eigenvalue weighted by Gasteiger charge is -2.39. The molecule has 2 saturated heterocycles. The zero-order valence-corrected chi connectivity index (χ0v) is 18.7. The molecule has 1 amide bonds. The van der Waals surface area contributed by atoms with E-state index in [9.17, 15) is 4.79 Å². The van der Waals surface area contributed by atoms with Crippen molar-refractivity contribution < 1.29 is 9.53 Å². The van der Waals surface area contributed by atoms with E-state index >= 15 is 0 Å². The Balaban J connectivity index is 0.00000196. The summed E-state index contributed by atoms with van der Waals surface area (Å²) in [5.41, 5.74) is 1.01. The molecule has 0 bridgehead atoms. The predicted molar refractivity (Wildman–Crippen MR) is 118 cm³/mol. The number of hydrogen-bond donors (Lipinski definition) is 1. The highest BCUT2D eigenvalue weighted by molar-refractivity contribution is 5.85. The Morgan fingerprint density at radius 2 is 1.82 bits per heavy atom. The van der Waals surface area contributed by atoms with Gasteiger partial charge in [-0.3, -0.25) is 9.69 Å². The Hall–Kier alpha value is -0.850. The van der Waals surface area contributed by atoms with Crippen molar-refractivity contribution in [2.45, 2.75) is 38.8 Å². The molecule has 0 aliphatic carbocycles. The number of piperidine rings is 1. The topological polar surface area (TPSA) is 44.8 Å². The van der Waals surface area contributed by atoms with Crippen molar-refractivity contribution in [1.29, 1.82) is 0 Å². The predicted octanol–water partition coefficient (Wildman–Crippen LogP) is 2.97. The van der Waals surface area contributed by atoms with Crippen LogP contribution in [0.15, 0.2) is 30.3 Å². The van der Waals surface area contributed by atoms with Gasteiger partial charge in [0.2, 0.25) is 5.91 Å². The summed E-state index contributed by atoms with van der Waals surface area (Å²) in [5.74, 6) is 0.301. The Morgan fingerprint density at radius 1 is 1.14 bits per heavy atom. The van der Waals surface area contributed by atoms with Crippen LogP contribution in [0.25, 0.3) is 0 Å². The quantitative estimate of drug-likeness (QED) is 0.777. The molecule has 7 heteroatoms. The molecular weight excluding hydrogens is 397 g/mol. The summed E-state index contributed by atoms with van der Waals surface area (Å²) >= 11 is 0. The number of ether oxygens (including phenoxy) is 1. The van der Waals surface area contributed by atoms with Gasteiger partial charge in [-0.1, -0.05) is 30.3 Å². The summed E-state index contributed by atoms with van der Waals surface area (Å²) in [4.78, 5) is 18.0. The summed E-state index contributed by atoms with van der Waals surface area (Å²) in [5, 5.41) is 3.37. The van der Waals surface area contributed by atoms with Crippen LogP contribution in [0.4, 0.5) is 0 Å². The fraction of sp³-hybridized carbons (Fsp3) is 0.667. The highest BCUT2D eigenvalue weighted by Crippen LogP contribution is 2.32. The lowest BCUT2D eigenvalue weighted by Crippen LogP contribution is -2.52. The average molecular weight is 432 g/mol. The molecule has 1 atom stereocenters. The minimum atomic E-state index is -0.335. The molecule has 1 aromatic carbocycles. The first-order valence-corrected chi connectivity index (χ1v) is 9.92. The van der Waals surface area contributed by atoms with Gasteiger partial charge >= 0.3 is 0 Å². The second kappa shape index (κ2) is 12.0. The number of nitrogens with zero attached hydrogens (tertiary/aromatic N) is 2. The number of methoxy groups -OCH3 is 1. The molecule has 1 unspecified atom stereocenters. The van der Waals surface area contributed by atoms with Gasteiger partial charge in [-0.2, -0.15) is 0 Å². The van der Waals surface area contributed by atoms with Crippen molar-refractivity contribution in [3.05, 3.63) is 35.9 Å². The molecule has 3 rings (SSSR count). The molecule has 5 nitrogen and oxygen atoms in total. The molecule has 0 spiro atoms. The van der Waals surface area contributed by atoms with Crippen LogP contribution in [-0.4, -0.2) is 68.2 Å². The van der Waals surface area contributed by atoms with Gasteiger partial charge in [0.15, 0.2) is 0 Å². The van der Waals surface area contributed by atoms with Gasteiger partial charge < -0.3 is 15.0 Å². The maximum Gasteiger partial charge on any atom is 0.231 e. The van der Waals surface area contributed by atoms with Crippen molar-refractivity contribution >= 4 is 30.7 Å². The average Bonchev–Trinajstić information content (AvgIpc) is 2.85. The van der Waals surface area contributed by atoms with E-state index in [1.807, 2.05) is 0 Å². The van der Waals surface area contributed by atoms with Crippen LogP contribution in [0.2, 0.25) is 0 Å². The van der Waals surface area contributed by atoms with Crippen LogP contribution >= 0.6 is 24.8 Å². The van der Waals surface area contributed by atoms with Crippen molar-refractivity contribution in [1.82, 2.24) is 15.1 Å². The lowest BCUT2D eigenvalue weighted by molar-refractivity contribution is -0.147. The lowest BCUT2D eigenvalue weighted by atomic mass is 9.78. The van der Waals surface area contributed by atoms with Crippen LogP contribution in [0, 0.1) is 5.41 Å². The van der Waals surface area contributed by atoms with Crippen LogP contribution in [0.5, 0.6) is 0 Å². The Labute approximate surface area is 182 Å². The minimum Gasteiger partial charge on any atom is -0.384 e. The summed E-state index contributed by atoms with van der Waals surface area (Å²) in [6, 6.07) is 11.1. The van der Waals surface area contributed by atoms with E-state index < -0.39 is 0 Å². The molecular formula is C21H35Cl2N3O2. The molecule has 1 N–H and O–H groups in total. The number of nitrogens with one attached hydrogen (secondary N) is 1. The van der Waals surface area contributed by atoms with E-state index in [1.165, 1.54) is 5.56 Å². The molecule has 2 heterocycles. The first-order chi connectivity index (χ1) is 12.6. The summed E-state index contributed by atoms with van der Waals surface area (Å²) in [6.45, 7) is 8.18. The van der Waals surface area contributed by atoms with E-state index in [0.717, 1.165) is 58.5 Å². The summed E-state index contributed by atoms with van der Waals surface area (Å²) < 4.78 is 5.46. The normalized spacial score (nSPS) is 22.5. The van der Waals surface area contributed by atoms with E-state index in [1.54, 1.807) is 7.11 Å². The number of carbonyl (C=O) groups excluding carboxylic acids is 1. The first kappa shape index (κ1) is 25.2. The highest BCUT2D eigenvalue weighted by Gasteiger charge is 2.42. The number of benzene rings is 1.